The molecule has 0 radical (unpaired) electrons. The van der Waals surface area contributed by atoms with Crippen LogP contribution in [0.2, 0.25) is 5.02 Å². The molecule has 11 heteroatoms. The van der Waals surface area contributed by atoms with Crippen molar-refractivity contribution in [1.29, 1.82) is 0 Å². The Morgan fingerprint density at radius 3 is 2.54 bits per heavy atom. The van der Waals surface area contributed by atoms with Gasteiger partial charge in [-0.3, -0.25) is 9.69 Å². The van der Waals surface area contributed by atoms with Gasteiger partial charge in [-0.15, -0.1) is 12.4 Å². The predicted octanol–water partition coefficient (Wildman–Crippen LogP) is 5.92. The van der Waals surface area contributed by atoms with Gasteiger partial charge in [0.2, 0.25) is 10.0 Å². The van der Waals surface area contributed by atoms with Crippen molar-refractivity contribution < 1.29 is 13.2 Å². The molecule has 7 nitrogen and oxygen atoms in total. The van der Waals surface area contributed by atoms with Crippen molar-refractivity contribution in [3.8, 4) is 0 Å². The highest BCUT2D eigenvalue weighted by molar-refractivity contribution is 7.89. The maximum absolute atomic E-state index is 13.6. The Labute approximate surface area is 234 Å². The van der Waals surface area contributed by atoms with Crippen LogP contribution in [0.1, 0.15) is 49.4 Å². The molecule has 2 heterocycles. The van der Waals surface area contributed by atoms with E-state index >= 15 is 0 Å². The van der Waals surface area contributed by atoms with Crippen molar-refractivity contribution in [3.63, 3.8) is 0 Å². The predicted molar refractivity (Wildman–Crippen MR) is 155 cm³/mol. The van der Waals surface area contributed by atoms with E-state index in [1.165, 1.54) is 11.3 Å². The first-order valence-electron chi connectivity index (χ1n) is 12.4. The lowest BCUT2D eigenvalue weighted by Gasteiger charge is -2.34. The van der Waals surface area contributed by atoms with Crippen LogP contribution < -0.4 is 4.90 Å². The first kappa shape index (κ1) is 29.8. The van der Waals surface area contributed by atoms with Crippen molar-refractivity contribution in [1.82, 2.24) is 14.2 Å². The number of hydrogen-bond donors (Lipinski definition) is 0. The van der Waals surface area contributed by atoms with Gasteiger partial charge in [0.05, 0.1) is 15.1 Å². The molecule has 37 heavy (non-hydrogen) atoms. The van der Waals surface area contributed by atoms with E-state index in [0.717, 1.165) is 48.9 Å². The molecule has 1 unspecified atom stereocenters. The first-order valence-corrected chi connectivity index (χ1v) is 15.0. The van der Waals surface area contributed by atoms with Crippen molar-refractivity contribution in [3.05, 3.63) is 53.1 Å². The molecule has 202 valence electrons. The average Bonchev–Trinajstić information content (AvgIpc) is 3.29. The van der Waals surface area contributed by atoms with Gasteiger partial charge in [-0.25, -0.2) is 13.4 Å². The molecule has 0 spiro atoms. The van der Waals surface area contributed by atoms with Crippen molar-refractivity contribution in [2.24, 2.45) is 0 Å². The lowest BCUT2D eigenvalue weighted by Crippen LogP contribution is -2.43. The summed E-state index contributed by atoms with van der Waals surface area (Å²) in [6, 6.07) is 11.9. The molecule has 3 aromatic rings. The highest BCUT2D eigenvalue weighted by atomic mass is 35.5. The van der Waals surface area contributed by atoms with Gasteiger partial charge >= 0.3 is 0 Å². The molecule has 1 fully saturated rings. The van der Waals surface area contributed by atoms with Crippen LogP contribution >= 0.6 is 35.3 Å². The summed E-state index contributed by atoms with van der Waals surface area (Å²) in [6.07, 6.45) is 4.39. The number of carbonyl (C=O) groups excluding carboxylic acids is 1. The Balaban J connectivity index is 0.00000380. The van der Waals surface area contributed by atoms with Crippen molar-refractivity contribution in [2.75, 3.05) is 38.6 Å². The molecule has 0 N–H and O–H groups in total. The Kier molecular flexibility index (Phi) is 10.4. The first-order chi connectivity index (χ1) is 17.2. The number of anilines is 1. The standard InChI is InChI=1S/C26H33ClN4O3S2.ClH/c1-4-21-8-5-6-17-31(21)36(33,34)22-12-9-19(10-13-22)25(32)30(16-7-15-29(2)3)26-28-23-14-11-20(27)18-24(23)35-26;/h9-14,18,21H,4-8,15-17H2,1-3H3;1H. The molecule has 0 saturated carbocycles. The second-order valence-corrected chi connectivity index (χ2v) is 12.8. The van der Waals surface area contributed by atoms with E-state index in [1.807, 2.05) is 33.2 Å². The number of fused-ring (bicyclic) bond motifs is 1. The smallest absolute Gasteiger partial charge is 0.260 e. The van der Waals surface area contributed by atoms with E-state index in [1.54, 1.807) is 39.5 Å². The van der Waals surface area contributed by atoms with Crippen LogP contribution in [0.15, 0.2) is 47.4 Å². The molecular weight excluding hydrogens is 551 g/mol. The number of thiazole rings is 1. The second-order valence-electron chi connectivity index (χ2n) is 9.42. The molecule has 1 aliphatic rings. The van der Waals surface area contributed by atoms with Crippen LogP contribution in [0.5, 0.6) is 0 Å². The fourth-order valence-electron chi connectivity index (χ4n) is 4.59. The fourth-order valence-corrected chi connectivity index (χ4v) is 7.62. The monoisotopic (exact) mass is 584 g/mol. The minimum atomic E-state index is -3.60. The summed E-state index contributed by atoms with van der Waals surface area (Å²) in [5.41, 5.74) is 1.22. The number of piperidine rings is 1. The van der Waals surface area contributed by atoms with E-state index in [4.69, 9.17) is 11.6 Å². The van der Waals surface area contributed by atoms with Gasteiger partial charge < -0.3 is 4.90 Å². The summed E-state index contributed by atoms with van der Waals surface area (Å²) in [7, 11) is 0.390. The largest absolute Gasteiger partial charge is 0.309 e. The molecule has 1 saturated heterocycles. The lowest BCUT2D eigenvalue weighted by atomic mass is 10.0. The molecule has 1 atom stereocenters. The second kappa shape index (κ2) is 12.9. The number of halogens is 2. The van der Waals surface area contributed by atoms with Crippen LogP contribution in [0.25, 0.3) is 10.2 Å². The number of carbonyl (C=O) groups is 1. The van der Waals surface area contributed by atoms with Crippen LogP contribution in [-0.2, 0) is 10.0 Å². The van der Waals surface area contributed by atoms with Gasteiger partial charge in [-0.2, -0.15) is 4.31 Å². The highest BCUT2D eigenvalue weighted by Crippen LogP contribution is 2.32. The third kappa shape index (κ3) is 6.82. The maximum atomic E-state index is 13.6. The van der Waals surface area contributed by atoms with E-state index < -0.39 is 10.0 Å². The van der Waals surface area contributed by atoms with Gasteiger partial charge in [0.1, 0.15) is 0 Å². The number of rotatable bonds is 9. The summed E-state index contributed by atoms with van der Waals surface area (Å²) in [5.74, 6) is -0.202. The SMILES string of the molecule is CCC1CCCCN1S(=O)(=O)c1ccc(C(=O)N(CCCN(C)C)c2nc3ccc(Cl)cc3s2)cc1.Cl. The minimum Gasteiger partial charge on any atom is -0.309 e. The van der Waals surface area contributed by atoms with Gasteiger partial charge in [0.25, 0.3) is 5.91 Å². The maximum Gasteiger partial charge on any atom is 0.260 e. The molecule has 1 aliphatic heterocycles. The molecule has 4 rings (SSSR count). The lowest BCUT2D eigenvalue weighted by molar-refractivity contribution is 0.0986. The molecule has 0 aliphatic carbocycles. The third-order valence-electron chi connectivity index (χ3n) is 6.55. The summed E-state index contributed by atoms with van der Waals surface area (Å²) in [6.45, 7) is 3.90. The number of nitrogens with zero attached hydrogens (tertiary/aromatic N) is 4. The van der Waals surface area contributed by atoms with Crippen molar-refractivity contribution >= 4 is 66.6 Å². The zero-order valence-corrected chi connectivity index (χ0v) is 24.6. The number of sulfonamides is 1. The summed E-state index contributed by atoms with van der Waals surface area (Å²) in [5, 5.41) is 1.23. The molecule has 1 amide bonds. The number of benzene rings is 2. The fraction of sp³-hybridized carbons (Fsp3) is 0.462. The zero-order chi connectivity index (χ0) is 25.9. The quantitative estimate of drug-likeness (QED) is 0.312. The molecular formula is C26H34Cl2N4O3S2. The Hall–Kier alpha value is -1.75. The zero-order valence-electron chi connectivity index (χ0n) is 21.4. The Morgan fingerprint density at radius 1 is 1.14 bits per heavy atom. The van der Waals surface area contributed by atoms with E-state index in [-0.39, 0.29) is 29.3 Å². The number of hydrogen-bond acceptors (Lipinski definition) is 6. The van der Waals surface area contributed by atoms with Gasteiger partial charge in [0.15, 0.2) is 5.13 Å². The molecule has 0 bridgehead atoms. The van der Waals surface area contributed by atoms with Gasteiger partial charge in [-0.1, -0.05) is 36.3 Å². The Bertz CT molecular complexity index is 1310. The van der Waals surface area contributed by atoms with Crippen LogP contribution in [0.4, 0.5) is 5.13 Å². The third-order valence-corrected chi connectivity index (χ3v) is 9.80. The van der Waals surface area contributed by atoms with Crippen LogP contribution in [-0.4, -0.2) is 68.3 Å². The summed E-state index contributed by atoms with van der Waals surface area (Å²) in [4.78, 5) is 22.3. The van der Waals surface area contributed by atoms with E-state index in [0.29, 0.717) is 28.8 Å². The number of amides is 1. The van der Waals surface area contributed by atoms with Gasteiger partial charge in [-0.05, 0) is 88.8 Å². The van der Waals surface area contributed by atoms with E-state index in [2.05, 4.69) is 9.88 Å². The molecule has 2 aromatic carbocycles. The van der Waals surface area contributed by atoms with Crippen LogP contribution in [0, 0.1) is 0 Å². The van der Waals surface area contributed by atoms with Crippen LogP contribution in [0.3, 0.4) is 0 Å². The summed E-state index contributed by atoms with van der Waals surface area (Å²) < 4.78 is 29.2. The summed E-state index contributed by atoms with van der Waals surface area (Å²) >= 11 is 7.57. The Morgan fingerprint density at radius 2 is 1.86 bits per heavy atom. The minimum absolute atomic E-state index is 0. The highest BCUT2D eigenvalue weighted by Gasteiger charge is 2.32. The molecule has 1 aromatic heterocycles. The normalized spacial score (nSPS) is 16.6. The average molecular weight is 586 g/mol. The topological polar surface area (TPSA) is 73.8 Å². The van der Waals surface area contributed by atoms with Crippen molar-refractivity contribution in [2.45, 2.75) is 50.0 Å². The van der Waals surface area contributed by atoms with Gasteiger partial charge in [0, 0.05) is 29.7 Å². The van der Waals surface area contributed by atoms with E-state index in [9.17, 15) is 13.2 Å². The number of aromatic nitrogens is 1.